The van der Waals surface area contributed by atoms with Crippen LogP contribution in [0, 0.1) is 0 Å². The molecule has 2 aromatic rings. The molecule has 1 unspecified atom stereocenters. The molecule has 0 aliphatic heterocycles. The molecule has 0 spiro atoms. The number of nitrogens with two attached hydrogens (primary N) is 1. The molecule has 0 saturated heterocycles. The van der Waals surface area contributed by atoms with Gasteiger partial charge in [-0.25, -0.2) is 0 Å². The molecule has 2 rings (SSSR count). The first kappa shape index (κ1) is 8.55. The standard InChI is InChI=1S/C8H10N2O2S/c9-3-4(11)8-7(12)6-5(13-8)1-2-10-6/h1-2,4,10-12H,3,9H2. The van der Waals surface area contributed by atoms with Crippen molar-refractivity contribution in [1.82, 2.24) is 4.98 Å². The summed E-state index contributed by atoms with van der Waals surface area (Å²) in [4.78, 5) is 3.43. The van der Waals surface area contributed by atoms with Crippen LogP contribution in [0.2, 0.25) is 0 Å². The summed E-state index contributed by atoms with van der Waals surface area (Å²) in [5, 5.41) is 19.1. The molecule has 4 nitrogen and oxygen atoms in total. The lowest BCUT2D eigenvalue weighted by atomic mass is 10.2. The molecule has 70 valence electrons. The fourth-order valence-corrected chi connectivity index (χ4v) is 2.31. The number of thiophene rings is 1. The van der Waals surface area contributed by atoms with Crippen molar-refractivity contribution in [2.45, 2.75) is 6.10 Å². The van der Waals surface area contributed by atoms with Gasteiger partial charge < -0.3 is 20.9 Å². The van der Waals surface area contributed by atoms with Gasteiger partial charge in [0, 0.05) is 12.7 Å². The highest BCUT2D eigenvalue weighted by molar-refractivity contribution is 7.19. The lowest BCUT2D eigenvalue weighted by Crippen LogP contribution is -2.10. The van der Waals surface area contributed by atoms with Crippen molar-refractivity contribution in [3.8, 4) is 5.75 Å². The number of H-pyrrole nitrogens is 1. The van der Waals surface area contributed by atoms with Crippen molar-refractivity contribution in [2.75, 3.05) is 6.54 Å². The monoisotopic (exact) mass is 198 g/mol. The molecule has 5 heteroatoms. The minimum atomic E-state index is -0.772. The van der Waals surface area contributed by atoms with Crippen molar-refractivity contribution in [2.24, 2.45) is 5.73 Å². The first-order chi connectivity index (χ1) is 6.24. The van der Waals surface area contributed by atoms with E-state index in [0.717, 1.165) is 4.70 Å². The number of rotatable bonds is 2. The third-order valence-corrected chi connectivity index (χ3v) is 3.17. The minimum absolute atomic E-state index is 0.114. The van der Waals surface area contributed by atoms with Crippen molar-refractivity contribution in [3.05, 3.63) is 17.1 Å². The Morgan fingerprint density at radius 1 is 1.62 bits per heavy atom. The van der Waals surface area contributed by atoms with Crippen LogP contribution in [0.1, 0.15) is 11.0 Å². The fraction of sp³-hybridized carbons (Fsp3) is 0.250. The predicted molar refractivity (Wildman–Crippen MR) is 51.9 cm³/mol. The maximum absolute atomic E-state index is 9.64. The van der Waals surface area contributed by atoms with Crippen LogP contribution in [0.4, 0.5) is 0 Å². The SMILES string of the molecule is NCC(O)c1sc2cc[nH]c2c1O. The molecule has 0 saturated carbocycles. The Kier molecular flexibility index (Phi) is 1.99. The molecule has 5 N–H and O–H groups in total. The maximum atomic E-state index is 9.64. The lowest BCUT2D eigenvalue weighted by Gasteiger charge is -2.04. The lowest BCUT2D eigenvalue weighted by molar-refractivity contribution is 0.187. The van der Waals surface area contributed by atoms with E-state index in [-0.39, 0.29) is 12.3 Å². The molecule has 2 aromatic heterocycles. The Labute approximate surface area is 78.6 Å². The summed E-state index contributed by atoms with van der Waals surface area (Å²) in [6, 6.07) is 1.85. The molecule has 0 aliphatic carbocycles. The highest BCUT2D eigenvalue weighted by Gasteiger charge is 2.17. The van der Waals surface area contributed by atoms with E-state index < -0.39 is 6.10 Å². The zero-order chi connectivity index (χ0) is 9.42. The Bertz CT molecular complexity index is 421. The molecule has 2 heterocycles. The molecule has 0 bridgehead atoms. The Morgan fingerprint density at radius 2 is 2.38 bits per heavy atom. The van der Waals surface area contributed by atoms with Gasteiger partial charge in [0.15, 0.2) is 5.75 Å². The van der Waals surface area contributed by atoms with E-state index in [1.807, 2.05) is 6.07 Å². The van der Waals surface area contributed by atoms with Gasteiger partial charge in [0.1, 0.15) is 6.10 Å². The minimum Gasteiger partial charge on any atom is -0.505 e. The van der Waals surface area contributed by atoms with Gasteiger partial charge >= 0.3 is 0 Å². The van der Waals surface area contributed by atoms with E-state index in [2.05, 4.69) is 4.98 Å². The van der Waals surface area contributed by atoms with Crippen LogP contribution in [0.15, 0.2) is 12.3 Å². The summed E-state index contributed by atoms with van der Waals surface area (Å²) < 4.78 is 0.931. The van der Waals surface area contributed by atoms with Gasteiger partial charge in [-0.3, -0.25) is 0 Å². The number of aromatic amines is 1. The highest BCUT2D eigenvalue weighted by Crippen LogP contribution is 2.39. The molecule has 1 atom stereocenters. The maximum Gasteiger partial charge on any atom is 0.156 e. The van der Waals surface area contributed by atoms with E-state index in [4.69, 9.17) is 5.73 Å². The molecule has 0 amide bonds. The van der Waals surface area contributed by atoms with Crippen LogP contribution < -0.4 is 5.73 Å². The molecule has 0 fully saturated rings. The number of aliphatic hydroxyl groups is 1. The number of hydrogen-bond donors (Lipinski definition) is 4. The number of fused-ring (bicyclic) bond motifs is 1. The number of hydrogen-bond acceptors (Lipinski definition) is 4. The van der Waals surface area contributed by atoms with Gasteiger partial charge in [0.2, 0.25) is 0 Å². The van der Waals surface area contributed by atoms with E-state index in [1.165, 1.54) is 11.3 Å². The second-order valence-corrected chi connectivity index (χ2v) is 3.87. The van der Waals surface area contributed by atoms with Crippen LogP contribution in [-0.2, 0) is 0 Å². The summed E-state index contributed by atoms with van der Waals surface area (Å²) in [6.07, 6.45) is 0.977. The number of aliphatic hydroxyl groups excluding tert-OH is 1. The van der Waals surface area contributed by atoms with Gasteiger partial charge in [-0.15, -0.1) is 11.3 Å². The first-order valence-electron chi connectivity index (χ1n) is 3.91. The highest BCUT2D eigenvalue weighted by atomic mass is 32.1. The van der Waals surface area contributed by atoms with Crippen LogP contribution >= 0.6 is 11.3 Å². The Morgan fingerprint density at radius 3 is 3.00 bits per heavy atom. The molecule has 0 aliphatic rings. The normalized spacial score (nSPS) is 13.7. The predicted octanol–water partition coefficient (Wildman–Crippen LogP) is 0.927. The zero-order valence-corrected chi connectivity index (χ0v) is 7.64. The van der Waals surface area contributed by atoms with E-state index >= 15 is 0 Å². The van der Waals surface area contributed by atoms with Crippen molar-refractivity contribution in [3.63, 3.8) is 0 Å². The second-order valence-electron chi connectivity index (χ2n) is 2.78. The summed E-state index contributed by atoms with van der Waals surface area (Å²) in [5.74, 6) is 0.114. The summed E-state index contributed by atoms with van der Waals surface area (Å²) in [6.45, 7) is 0.122. The average Bonchev–Trinajstić information content (AvgIpc) is 2.68. The third-order valence-electron chi connectivity index (χ3n) is 1.92. The van der Waals surface area contributed by atoms with Crippen LogP contribution in [0.25, 0.3) is 10.2 Å². The van der Waals surface area contributed by atoms with E-state index in [0.29, 0.717) is 10.4 Å². The van der Waals surface area contributed by atoms with Crippen LogP contribution in [-0.4, -0.2) is 21.7 Å². The van der Waals surface area contributed by atoms with Gasteiger partial charge in [0.25, 0.3) is 0 Å². The van der Waals surface area contributed by atoms with Gasteiger partial charge in [-0.2, -0.15) is 0 Å². The average molecular weight is 198 g/mol. The smallest absolute Gasteiger partial charge is 0.156 e. The van der Waals surface area contributed by atoms with Crippen molar-refractivity contribution in [1.29, 1.82) is 0 Å². The van der Waals surface area contributed by atoms with Gasteiger partial charge in [-0.1, -0.05) is 0 Å². The van der Waals surface area contributed by atoms with Crippen LogP contribution in [0.5, 0.6) is 5.75 Å². The Balaban J connectivity index is 2.57. The molecular formula is C8H10N2O2S. The molecular weight excluding hydrogens is 188 g/mol. The van der Waals surface area contributed by atoms with Gasteiger partial charge in [0.05, 0.1) is 15.1 Å². The molecule has 0 aromatic carbocycles. The largest absolute Gasteiger partial charge is 0.505 e. The number of aromatic nitrogens is 1. The molecule has 13 heavy (non-hydrogen) atoms. The van der Waals surface area contributed by atoms with Crippen LogP contribution in [0.3, 0.4) is 0 Å². The number of aromatic hydroxyl groups is 1. The summed E-state index contributed by atoms with van der Waals surface area (Å²) >= 11 is 1.35. The number of nitrogens with one attached hydrogen (secondary N) is 1. The van der Waals surface area contributed by atoms with Crippen molar-refractivity contribution >= 4 is 21.6 Å². The topological polar surface area (TPSA) is 82.3 Å². The fourth-order valence-electron chi connectivity index (χ4n) is 1.25. The quantitative estimate of drug-likeness (QED) is 0.579. The Hall–Kier alpha value is -1.04. The first-order valence-corrected chi connectivity index (χ1v) is 4.72. The third kappa shape index (κ3) is 1.21. The molecule has 0 radical (unpaired) electrons. The van der Waals surface area contributed by atoms with Gasteiger partial charge in [-0.05, 0) is 6.07 Å². The summed E-state index contributed by atoms with van der Waals surface area (Å²) in [7, 11) is 0. The zero-order valence-electron chi connectivity index (χ0n) is 6.82. The summed E-state index contributed by atoms with van der Waals surface area (Å²) in [5.41, 5.74) is 5.97. The second kappa shape index (κ2) is 3.02. The van der Waals surface area contributed by atoms with E-state index in [1.54, 1.807) is 6.20 Å². The van der Waals surface area contributed by atoms with Crippen molar-refractivity contribution < 1.29 is 10.2 Å². The van der Waals surface area contributed by atoms with E-state index in [9.17, 15) is 10.2 Å².